The Balaban J connectivity index is 2.18. The van der Waals surface area contributed by atoms with Gasteiger partial charge in [0.05, 0.1) is 5.69 Å². The number of benzene rings is 1. The van der Waals surface area contributed by atoms with Gasteiger partial charge in [0.15, 0.2) is 0 Å². The maximum atomic E-state index is 11.0. The molecule has 1 heterocycles. The predicted octanol–water partition coefficient (Wildman–Crippen LogP) is 3.95. The van der Waals surface area contributed by atoms with Gasteiger partial charge in [-0.25, -0.2) is 4.98 Å². The second-order valence-corrected chi connectivity index (χ2v) is 5.50. The van der Waals surface area contributed by atoms with Crippen LogP contribution >= 0.6 is 11.3 Å². The largest absolute Gasteiger partial charge is 0.300 e. The summed E-state index contributed by atoms with van der Waals surface area (Å²) in [6, 6.07) is 6.40. The summed E-state index contributed by atoms with van der Waals surface area (Å²) >= 11 is 1.65. The molecule has 0 aliphatic rings. The van der Waals surface area contributed by atoms with Crippen LogP contribution in [0.25, 0.3) is 10.6 Å². The number of rotatable bonds is 4. The number of aryl methyl sites for hydroxylation is 3. The van der Waals surface area contributed by atoms with Crippen LogP contribution in [0.2, 0.25) is 0 Å². The molecule has 2 nitrogen and oxygen atoms in total. The van der Waals surface area contributed by atoms with E-state index >= 15 is 0 Å². The summed E-state index contributed by atoms with van der Waals surface area (Å²) in [5.41, 5.74) is 4.76. The van der Waals surface area contributed by atoms with Crippen LogP contribution in [0, 0.1) is 13.8 Å². The molecule has 2 aromatic rings. The normalized spacial score (nSPS) is 10.6. The smallest absolute Gasteiger partial charge is 0.130 e. The first-order valence-electron chi connectivity index (χ1n) is 6.07. The first kappa shape index (κ1) is 13.0. The lowest BCUT2D eigenvalue weighted by Gasteiger charge is -2.02. The Hall–Kier alpha value is -1.48. The molecule has 0 bridgehead atoms. The molecule has 1 aromatic heterocycles. The van der Waals surface area contributed by atoms with Gasteiger partial charge in [-0.05, 0) is 44.4 Å². The van der Waals surface area contributed by atoms with Crippen LogP contribution < -0.4 is 0 Å². The molecule has 0 amide bonds. The summed E-state index contributed by atoms with van der Waals surface area (Å²) in [7, 11) is 0. The standard InChI is InChI=1S/C15H17NOS/c1-10-4-6-13(8-11(10)2)15-16-14(9-18-15)7-5-12(3)17/h4,6,8-9H,5,7H2,1-3H3. The summed E-state index contributed by atoms with van der Waals surface area (Å²) in [4.78, 5) is 15.5. The van der Waals surface area contributed by atoms with E-state index in [2.05, 4.69) is 37.0 Å². The van der Waals surface area contributed by atoms with E-state index in [9.17, 15) is 4.79 Å². The zero-order chi connectivity index (χ0) is 13.1. The number of hydrogen-bond donors (Lipinski definition) is 0. The molecular formula is C15H17NOS. The lowest BCUT2D eigenvalue weighted by atomic mass is 10.1. The van der Waals surface area contributed by atoms with Crippen molar-refractivity contribution in [2.45, 2.75) is 33.6 Å². The van der Waals surface area contributed by atoms with Crippen LogP contribution in [-0.4, -0.2) is 10.8 Å². The van der Waals surface area contributed by atoms with Crippen LogP contribution in [-0.2, 0) is 11.2 Å². The summed E-state index contributed by atoms with van der Waals surface area (Å²) < 4.78 is 0. The number of thiazole rings is 1. The second kappa shape index (κ2) is 5.44. The number of Topliss-reactive ketones (excluding diaryl/α,β-unsaturated/α-hetero) is 1. The quantitative estimate of drug-likeness (QED) is 0.832. The third-order valence-corrected chi connectivity index (χ3v) is 3.98. The molecule has 0 unspecified atom stereocenters. The number of carbonyl (C=O) groups excluding carboxylic acids is 1. The summed E-state index contributed by atoms with van der Waals surface area (Å²) in [6.45, 7) is 5.85. The van der Waals surface area contributed by atoms with Crippen molar-refractivity contribution in [3.8, 4) is 10.6 Å². The van der Waals surface area contributed by atoms with Crippen molar-refractivity contribution < 1.29 is 4.79 Å². The molecule has 0 aliphatic carbocycles. The number of aromatic nitrogens is 1. The lowest BCUT2D eigenvalue weighted by molar-refractivity contribution is -0.116. The average Bonchev–Trinajstić information content (AvgIpc) is 2.79. The Kier molecular flexibility index (Phi) is 3.92. The van der Waals surface area contributed by atoms with Gasteiger partial charge in [-0.1, -0.05) is 12.1 Å². The molecule has 2 rings (SSSR count). The lowest BCUT2D eigenvalue weighted by Crippen LogP contribution is -1.94. The first-order chi connectivity index (χ1) is 8.56. The molecule has 0 fully saturated rings. The number of ketones is 1. The van der Waals surface area contributed by atoms with Crippen LogP contribution in [0.5, 0.6) is 0 Å². The number of nitrogens with zero attached hydrogens (tertiary/aromatic N) is 1. The highest BCUT2D eigenvalue weighted by Gasteiger charge is 2.06. The van der Waals surface area contributed by atoms with Gasteiger partial charge in [-0.15, -0.1) is 11.3 Å². The van der Waals surface area contributed by atoms with E-state index in [4.69, 9.17) is 0 Å². The highest BCUT2D eigenvalue weighted by atomic mass is 32.1. The van der Waals surface area contributed by atoms with E-state index in [-0.39, 0.29) is 5.78 Å². The van der Waals surface area contributed by atoms with Gasteiger partial charge in [0, 0.05) is 17.4 Å². The monoisotopic (exact) mass is 259 g/mol. The number of hydrogen-bond acceptors (Lipinski definition) is 3. The van der Waals surface area contributed by atoms with E-state index in [0.717, 1.165) is 22.7 Å². The maximum absolute atomic E-state index is 11.0. The van der Waals surface area contributed by atoms with E-state index in [1.54, 1.807) is 18.3 Å². The Morgan fingerprint density at radius 3 is 2.72 bits per heavy atom. The average molecular weight is 259 g/mol. The molecule has 0 saturated heterocycles. The molecule has 0 aliphatic heterocycles. The Morgan fingerprint density at radius 1 is 1.28 bits per heavy atom. The van der Waals surface area contributed by atoms with Crippen LogP contribution in [0.3, 0.4) is 0 Å². The Labute approximate surface area is 112 Å². The Morgan fingerprint density at radius 2 is 2.06 bits per heavy atom. The summed E-state index contributed by atoms with van der Waals surface area (Å²) in [6.07, 6.45) is 1.33. The van der Waals surface area contributed by atoms with Crippen molar-refractivity contribution in [1.29, 1.82) is 0 Å². The van der Waals surface area contributed by atoms with E-state index in [1.807, 2.05) is 5.38 Å². The van der Waals surface area contributed by atoms with Gasteiger partial charge in [0.2, 0.25) is 0 Å². The number of carbonyl (C=O) groups is 1. The molecule has 1 aromatic carbocycles. The third-order valence-electron chi connectivity index (χ3n) is 3.04. The van der Waals surface area contributed by atoms with Crippen molar-refractivity contribution in [2.24, 2.45) is 0 Å². The third kappa shape index (κ3) is 3.05. The fraction of sp³-hybridized carbons (Fsp3) is 0.333. The van der Waals surface area contributed by atoms with E-state index < -0.39 is 0 Å². The molecule has 0 saturated carbocycles. The molecule has 18 heavy (non-hydrogen) atoms. The molecule has 94 valence electrons. The fourth-order valence-electron chi connectivity index (χ4n) is 1.73. The van der Waals surface area contributed by atoms with Gasteiger partial charge in [0.25, 0.3) is 0 Å². The van der Waals surface area contributed by atoms with Crippen LogP contribution in [0.1, 0.15) is 30.2 Å². The van der Waals surface area contributed by atoms with E-state index in [1.165, 1.54) is 11.1 Å². The van der Waals surface area contributed by atoms with Crippen molar-refractivity contribution in [3.05, 3.63) is 40.4 Å². The van der Waals surface area contributed by atoms with Crippen molar-refractivity contribution in [1.82, 2.24) is 4.98 Å². The zero-order valence-electron chi connectivity index (χ0n) is 11.0. The minimum atomic E-state index is 0.218. The zero-order valence-corrected chi connectivity index (χ0v) is 11.8. The maximum Gasteiger partial charge on any atom is 0.130 e. The van der Waals surface area contributed by atoms with Gasteiger partial charge < -0.3 is 4.79 Å². The SMILES string of the molecule is CC(=O)CCc1csc(-c2ccc(C)c(C)c2)n1. The van der Waals surface area contributed by atoms with Gasteiger partial charge in [-0.3, -0.25) is 0 Å². The van der Waals surface area contributed by atoms with E-state index in [0.29, 0.717) is 6.42 Å². The van der Waals surface area contributed by atoms with Crippen molar-refractivity contribution in [2.75, 3.05) is 0 Å². The van der Waals surface area contributed by atoms with Gasteiger partial charge in [-0.2, -0.15) is 0 Å². The fourth-order valence-corrected chi connectivity index (χ4v) is 2.58. The minimum absolute atomic E-state index is 0.218. The highest BCUT2D eigenvalue weighted by Crippen LogP contribution is 2.26. The van der Waals surface area contributed by atoms with Crippen LogP contribution in [0.15, 0.2) is 23.6 Å². The molecule has 3 heteroatoms. The van der Waals surface area contributed by atoms with Crippen molar-refractivity contribution in [3.63, 3.8) is 0 Å². The molecule has 0 atom stereocenters. The minimum Gasteiger partial charge on any atom is -0.300 e. The Bertz CT molecular complexity index is 572. The van der Waals surface area contributed by atoms with Gasteiger partial charge >= 0.3 is 0 Å². The summed E-state index contributed by atoms with van der Waals surface area (Å²) in [5.74, 6) is 0.218. The molecule has 0 radical (unpaired) electrons. The van der Waals surface area contributed by atoms with Crippen LogP contribution in [0.4, 0.5) is 0 Å². The predicted molar refractivity (Wildman–Crippen MR) is 76.0 cm³/mol. The molecular weight excluding hydrogens is 242 g/mol. The van der Waals surface area contributed by atoms with Crippen molar-refractivity contribution >= 4 is 17.1 Å². The molecule has 0 spiro atoms. The van der Waals surface area contributed by atoms with Gasteiger partial charge in [0.1, 0.15) is 10.8 Å². The highest BCUT2D eigenvalue weighted by molar-refractivity contribution is 7.13. The topological polar surface area (TPSA) is 30.0 Å². The molecule has 0 N–H and O–H groups in total. The first-order valence-corrected chi connectivity index (χ1v) is 6.95. The summed E-state index contributed by atoms with van der Waals surface area (Å²) in [5, 5.41) is 3.09. The second-order valence-electron chi connectivity index (χ2n) is 4.65.